The van der Waals surface area contributed by atoms with Gasteiger partial charge in [0.15, 0.2) is 0 Å². The topological polar surface area (TPSA) is 25.8 Å². The quantitative estimate of drug-likeness (QED) is 0.143. The molecule has 302 valence electrons. The monoisotopic (exact) mass is 824 g/mol. The summed E-state index contributed by atoms with van der Waals surface area (Å²) in [5.41, 5.74) is 3.74. The number of pyridine rings is 2. The highest BCUT2D eigenvalue weighted by molar-refractivity contribution is 5.86. The normalized spacial score (nSPS) is 11.7. The molecule has 0 amide bonds. The number of aromatic nitrogens is 2. The van der Waals surface area contributed by atoms with Crippen molar-refractivity contribution in [2.24, 2.45) is 0 Å². The van der Waals surface area contributed by atoms with Gasteiger partial charge in [-0.25, -0.2) is 9.97 Å². The van der Waals surface area contributed by atoms with Gasteiger partial charge in [0, 0.05) is 22.3 Å². The molecule has 0 atom stereocenters. The molecule has 0 unspecified atom stereocenters. The van der Waals surface area contributed by atoms with Gasteiger partial charge in [0.2, 0.25) is 0 Å². The van der Waals surface area contributed by atoms with Crippen molar-refractivity contribution < 1.29 is 26.3 Å². The van der Waals surface area contributed by atoms with Crippen LogP contribution in [0.3, 0.4) is 0 Å². The van der Waals surface area contributed by atoms with Crippen LogP contribution in [0.1, 0.15) is 11.1 Å². The molecule has 0 fully saturated rings. The van der Waals surface area contributed by atoms with Crippen molar-refractivity contribution in [3.63, 3.8) is 0 Å². The van der Waals surface area contributed by atoms with Gasteiger partial charge in [0.05, 0.1) is 33.9 Å². The third-order valence-corrected chi connectivity index (χ3v) is 10.8. The molecule has 9 aromatic rings. The standard InChI is InChI=1S/C54H34F6N2/c55-53(56,57)49-45(33-47(61-51(49)43-17-9-3-10-18-43)41-29-21-37(22-30-41)35-13-5-1-6-14-35)39-25-27-40(28-26-39)46-34-48(42-31-23-38(24-32-42)36-15-7-2-8-16-36)62-52(50(46)54(58,59)60)44-19-11-4-12-20-44/h1-34H. The Balaban J connectivity index is 1.20. The molecule has 0 bridgehead atoms. The van der Waals surface area contributed by atoms with Crippen LogP contribution in [0, 0.1) is 0 Å². The van der Waals surface area contributed by atoms with Crippen LogP contribution in [-0.2, 0) is 12.4 Å². The average Bonchev–Trinajstić information content (AvgIpc) is 3.31. The van der Waals surface area contributed by atoms with Crippen LogP contribution in [0.25, 0.3) is 89.5 Å². The first-order valence-electron chi connectivity index (χ1n) is 19.8. The third-order valence-electron chi connectivity index (χ3n) is 10.8. The fourth-order valence-electron chi connectivity index (χ4n) is 7.78. The second-order valence-electron chi connectivity index (χ2n) is 14.7. The Labute approximate surface area is 354 Å². The zero-order valence-electron chi connectivity index (χ0n) is 32.8. The fourth-order valence-corrected chi connectivity index (χ4v) is 7.78. The lowest BCUT2D eigenvalue weighted by Gasteiger charge is -2.21. The van der Waals surface area contributed by atoms with Crippen molar-refractivity contribution in [2.45, 2.75) is 12.4 Å². The SMILES string of the molecule is FC(F)(F)c1c(-c2ccc(-c3cc(-c4ccc(-c5ccccc5)cc4)nc(-c4ccccc4)c3C(F)(F)F)cc2)cc(-c2ccc(-c3ccccc3)cc2)nc1-c1ccccc1. The summed E-state index contributed by atoms with van der Waals surface area (Å²) < 4.78 is 92.1. The van der Waals surface area contributed by atoms with Gasteiger partial charge < -0.3 is 0 Å². The summed E-state index contributed by atoms with van der Waals surface area (Å²) in [5, 5.41) is 0. The Morgan fingerprint density at radius 2 is 0.500 bits per heavy atom. The summed E-state index contributed by atoms with van der Waals surface area (Å²) in [5.74, 6) is 0. The second kappa shape index (κ2) is 16.5. The van der Waals surface area contributed by atoms with Crippen LogP contribution in [0.5, 0.6) is 0 Å². The van der Waals surface area contributed by atoms with E-state index in [0.717, 1.165) is 22.3 Å². The van der Waals surface area contributed by atoms with E-state index in [0.29, 0.717) is 22.5 Å². The number of rotatable bonds is 8. The summed E-state index contributed by atoms with van der Waals surface area (Å²) in [4.78, 5) is 9.24. The van der Waals surface area contributed by atoms with Crippen LogP contribution in [0.4, 0.5) is 26.3 Å². The van der Waals surface area contributed by atoms with E-state index < -0.39 is 23.5 Å². The van der Waals surface area contributed by atoms with Gasteiger partial charge in [0.1, 0.15) is 0 Å². The van der Waals surface area contributed by atoms with Crippen molar-refractivity contribution in [1.82, 2.24) is 9.97 Å². The molecule has 0 saturated heterocycles. The number of benzene rings is 7. The highest BCUT2D eigenvalue weighted by atomic mass is 19.4. The lowest BCUT2D eigenvalue weighted by Crippen LogP contribution is -2.12. The maximum absolute atomic E-state index is 15.3. The average molecular weight is 825 g/mol. The molecule has 0 N–H and O–H groups in total. The first kappa shape index (κ1) is 39.9. The minimum absolute atomic E-state index is 0.157. The van der Waals surface area contributed by atoms with E-state index in [9.17, 15) is 0 Å². The van der Waals surface area contributed by atoms with Crippen molar-refractivity contribution >= 4 is 0 Å². The highest BCUT2D eigenvalue weighted by Gasteiger charge is 2.40. The molecule has 7 aromatic carbocycles. The second-order valence-corrected chi connectivity index (χ2v) is 14.7. The van der Waals surface area contributed by atoms with Crippen LogP contribution >= 0.6 is 0 Å². The molecule has 0 saturated carbocycles. The molecule has 0 aliphatic heterocycles. The Morgan fingerprint density at radius 1 is 0.258 bits per heavy atom. The van der Waals surface area contributed by atoms with Gasteiger partial charge in [-0.05, 0) is 56.6 Å². The van der Waals surface area contributed by atoms with E-state index >= 15 is 26.3 Å². The number of alkyl halides is 6. The first-order valence-corrected chi connectivity index (χ1v) is 19.8. The molecule has 2 heterocycles. The molecule has 0 aliphatic rings. The summed E-state index contributed by atoms with van der Waals surface area (Å²) >= 11 is 0. The minimum Gasteiger partial charge on any atom is -0.247 e. The van der Waals surface area contributed by atoms with Crippen LogP contribution < -0.4 is 0 Å². The van der Waals surface area contributed by atoms with E-state index in [1.807, 2.05) is 109 Å². The Morgan fingerprint density at radius 3 is 0.790 bits per heavy atom. The molecular formula is C54H34F6N2. The molecule has 0 radical (unpaired) electrons. The lowest BCUT2D eigenvalue weighted by atomic mass is 9.90. The summed E-state index contributed by atoms with van der Waals surface area (Å²) in [7, 11) is 0. The zero-order valence-corrected chi connectivity index (χ0v) is 32.8. The van der Waals surface area contributed by atoms with Gasteiger partial charge in [-0.2, -0.15) is 26.3 Å². The van der Waals surface area contributed by atoms with E-state index in [4.69, 9.17) is 0 Å². The minimum atomic E-state index is -4.84. The van der Waals surface area contributed by atoms with Crippen LogP contribution in [0.15, 0.2) is 206 Å². The number of nitrogens with zero attached hydrogens (tertiary/aromatic N) is 2. The van der Waals surface area contributed by atoms with E-state index in [1.54, 1.807) is 60.7 Å². The van der Waals surface area contributed by atoms with E-state index in [2.05, 4.69) is 9.97 Å². The summed E-state index contributed by atoms with van der Waals surface area (Å²) in [6.45, 7) is 0. The summed E-state index contributed by atoms with van der Waals surface area (Å²) in [6.07, 6.45) is -9.68. The lowest BCUT2D eigenvalue weighted by molar-refractivity contribution is -0.137. The molecule has 0 aliphatic carbocycles. The van der Waals surface area contributed by atoms with Gasteiger partial charge in [0.25, 0.3) is 0 Å². The van der Waals surface area contributed by atoms with Gasteiger partial charge in [-0.3, -0.25) is 0 Å². The maximum Gasteiger partial charge on any atom is 0.419 e. The van der Waals surface area contributed by atoms with E-state index in [-0.39, 0.29) is 44.8 Å². The van der Waals surface area contributed by atoms with Gasteiger partial charge in [-0.15, -0.1) is 0 Å². The summed E-state index contributed by atoms with van der Waals surface area (Å²) in [6, 6.07) is 59.1. The largest absolute Gasteiger partial charge is 0.419 e. The van der Waals surface area contributed by atoms with Gasteiger partial charge in [-0.1, -0.05) is 194 Å². The maximum atomic E-state index is 15.3. The molecule has 9 rings (SSSR count). The molecule has 62 heavy (non-hydrogen) atoms. The van der Waals surface area contributed by atoms with Crippen LogP contribution in [-0.4, -0.2) is 9.97 Å². The third kappa shape index (κ3) is 8.15. The predicted octanol–water partition coefficient (Wildman–Crippen LogP) is 15.9. The fraction of sp³-hybridized carbons (Fsp3) is 0.0370. The number of hydrogen-bond donors (Lipinski definition) is 0. The smallest absolute Gasteiger partial charge is 0.247 e. The molecule has 0 spiro atoms. The molecule has 8 heteroatoms. The Hall–Kier alpha value is -7.58. The van der Waals surface area contributed by atoms with Crippen LogP contribution in [0.2, 0.25) is 0 Å². The Kier molecular flexibility index (Phi) is 10.6. The number of halogens is 6. The van der Waals surface area contributed by atoms with Crippen molar-refractivity contribution in [3.05, 3.63) is 217 Å². The van der Waals surface area contributed by atoms with Gasteiger partial charge >= 0.3 is 12.4 Å². The van der Waals surface area contributed by atoms with Crippen molar-refractivity contribution in [1.29, 1.82) is 0 Å². The number of hydrogen-bond acceptors (Lipinski definition) is 2. The van der Waals surface area contributed by atoms with Crippen molar-refractivity contribution in [2.75, 3.05) is 0 Å². The van der Waals surface area contributed by atoms with Crippen molar-refractivity contribution in [3.8, 4) is 89.5 Å². The molecular weight excluding hydrogens is 791 g/mol. The Bertz CT molecular complexity index is 2760. The van der Waals surface area contributed by atoms with E-state index in [1.165, 1.54) is 36.4 Å². The molecule has 2 aromatic heterocycles. The first-order chi connectivity index (χ1) is 30.0. The zero-order chi connectivity index (χ0) is 42.8. The molecule has 2 nitrogen and oxygen atoms in total. The predicted molar refractivity (Wildman–Crippen MR) is 236 cm³/mol. The highest BCUT2D eigenvalue weighted by Crippen LogP contribution is 2.47.